The van der Waals surface area contributed by atoms with Gasteiger partial charge < -0.3 is 50.8 Å². The van der Waals surface area contributed by atoms with Gasteiger partial charge in [-0.1, -0.05) is 48.5 Å². The third-order valence-corrected chi connectivity index (χ3v) is 15.9. The third-order valence-electron chi connectivity index (χ3n) is 15.9. The van der Waals surface area contributed by atoms with Crippen molar-refractivity contribution >= 4 is 63.9 Å². The number of ether oxygens (including phenoxy) is 2. The lowest BCUT2D eigenvalue weighted by molar-refractivity contribution is -0.121. The van der Waals surface area contributed by atoms with Gasteiger partial charge in [-0.2, -0.15) is 10.2 Å². The molecule has 2 amide bonds. The van der Waals surface area contributed by atoms with Crippen molar-refractivity contribution < 1.29 is 23.9 Å². The van der Waals surface area contributed by atoms with E-state index in [9.17, 15) is 14.4 Å². The second-order valence-corrected chi connectivity index (χ2v) is 25.0. The maximum absolute atomic E-state index is 12.4. The summed E-state index contributed by atoms with van der Waals surface area (Å²) >= 11 is 0. The molecule has 0 aliphatic carbocycles. The smallest absolute Gasteiger partial charge is 0.410 e. The Morgan fingerprint density at radius 2 is 1.03 bits per heavy atom. The van der Waals surface area contributed by atoms with Crippen molar-refractivity contribution in [1.29, 1.82) is 0 Å². The van der Waals surface area contributed by atoms with Crippen LogP contribution in [0.15, 0.2) is 122 Å². The maximum Gasteiger partial charge on any atom is 0.410 e. The average molecular weight is 1180 g/mol. The van der Waals surface area contributed by atoms with Gasteiger partial charge in [0, 0.05) is 107 Å². The number of likely N-dealkylation sites (tertiary alicyclic amines) is 2. The number of piperidine rings is 2. The zero-order valence-electron chi connectivity index (χ0n) is 51.6. The fraction of sp³-hybridized carbons (Fsp3) is 0.439. The van der Waals surface area contributed by atoms with Crippen molar-refractivity contribution in [2.75, 3.05) is 59.7 Å². The molecule has 4 aliphatic rings. The second kappa shape index (κ2) is 27.3. The summed E-state index contributed by atoms with van der Waals surface area (Å²) in [6.45, 7) is 21.5. The Hall–Kier alpha value is -8.69. The molecule has 2 aromatic carbocycles. The zero-order chi connectivity index (χ0) is 61.2. The van der Waals surface area contributed by atoms with Gasteiger partial charge in [0.15, 0.2) is 11.3 Å². The number of nitrogens with two attached hydrogens (primary N) is 1. The minimum atomic E-state index is -0.472. The van der Waals surface area contributed by atoms with E-state index >= 15 is 0 Å². The number of ketones is 1. The Morgan fingerprint density at radius 3 is 1.49 bits per heavy atom. The molecule has 5 N–H and O–H groups in total. The van der Waals surface area contributed by atoms with Crippen molar-refractivity contribution in [2.24, 2.45) is 5.73 Å². The summed E-state index contributed by atoms with van der Waals surface area (Å²) in [5, 5.41) is 19.5. The molecule has 87 heavy (non-hydrogen) atoms. The van der Waals surface area contributed by atoms with E-state index in [0.717, 1.165) is 106 Å². The lowest BCUT2D eigenvalue weighted by Gasteiger charge is -2.33. The van der Waals surface area contributed by atoms with Crippen LogP contribution in [0.2, 0.25) is 0 Å². The van der Waals surface area contributed by atoms with Gasteiger partial charge in [0.25, 0.3) is 0 Å². The van der Waals surface area contributed by atoms with Crippen molar-refractivity contribution in [3.63, 3.8) is 0 Å². The molecular formula is C66H84N16O5. The number of aromatic nitrogens is 8. The number of hydrogen-bond donors (Lipinski definition) is 4. The first-order chi connectivity index (χ1) is 41.8. The molecule has 0 bridgehead atoms. The third kappa shape index (κ3) is 16.2. The summed E-state index contributed by atoms with van der Waals surface area (Å²) in [6, 6.07) is 34.7. The summed E-state index contributed by atoms with van der Waals surface area (Å²) in [4.78, 5) is 61.7. The number of amides is 2. The maximum atomic E-state index is 12.4. The molecule has 21 nitrogen and oxygen atoms in total. The molecule has 8 aromatic rings. The molecule has 21 heteroatoms. The van der Waals surface area contributed by atoms with Crippen LogP contribution in [0.25, 0.3) is 33.5 Å². The van der Waals surface area contributed by atoms with Gasteiger partial charge in [-0.25, -0.2) is 38.6 Å². The number of nitrogens with zero attached hydrogens (tertiary/aromatic N) is 12. The van der Waals surface area contributed by atoms with Gasteiger partial charge in [0.1, 0.15) is 52.9 Å². The molecule has 2 atom stereocenters. The Morgan fingerprint density at radius 1 is 0.575 bits per heavy atom. The summed E-state index contributed by atoms with van der Waals surface area (Å²) in [6.07, 6.45) is 14.2. The number of carbonyl (C=O) groups excluding carboxylic acids is 3. The Balaban J connectivity index is 0.000000164. The number of carbonyl (C=O) groups is 3. The highest BCUT2D eigenvalue weighted by atomic mass is 16.6. The van der Waals surface area contributed by atoms with E-state index in [1.54, 1.807) is 22.1 Å². The molecule has 4 fully saturated rings. The SMILES string of the molecule is CC(C)(C)OC(=O)N1CCC(=O)CC1.C[C@H]1CCCN1c1cccc(Nc2cc(-c3cccc(CN)c3)cn3ncnc23)n1.C[C@H]1CCCN1c1cccc(Nc2cc(-c3cccc(CNC4CCN(C(=O)OC(C)(C)C)CC4)c3)cn3ncnc23)n1. The molecule has 0 unspecified atom stereocenters. The average Bonchev–Trinajstić information content (AvgIpc) is 4.58. The minimum Gasteiger partial charge on any atom is -0.444 e. The fourth-order valence-corrected chi connectivity index (χ4v) is 11.3. The topological polar surface area (TPSA) is 231 Å². The first kappa shape index (κ1) is 61.4. The van der Waals surface area contributed by atoms with Crippen LogP contribution in [0, 0.1) is 0 Å². The minimum absolute atomic E-state index is 0.221. The number of nitrogens with one attached hydrogen (secondary N) is 3. The molecular weight excluding hydrogens is 1100 g/mol. The number of hydrogen-bond acceptors (Lipinski definition) is 17. The van der Waals surface area contributed by atoms with Gasteiger partial charge in [0.2, 0.25) is 0 Å². The van der Waals surface area contributed by atoms with Crippen molar-refractivity contribution in [3.8, 4) is 22.3 Å². The van der Waals surface area contributed by atoms with E-state index in [1.807, 2.05) is 93.7 Å². The van der Waals surface area contributed by atoms with Crippen LogP contribution in [-0.4, -0.2) is 136 Å². The summed E-state index contributed by atoms with van der Waals surface area (Å²) < 4.78 is 14.3. The highest BCUT2D eigenvalue weighted by Crippen LogP contribution is 2.33. The zero-order valence-corrected chi connectivity index (χ0v) is 51.6. The van der Waals surface area contributed by atoms with Crippen LogP contribution in [0.5, 0.6) is 0 Å². The molecule has 6 aromatic heterocycles. The highest BCUT2D eigenvalue weighted by Gasteiger charge is 2.29. The Kier molecular flexibility index (Phi) is 19.3. The van der Waals surface area contributed by atoms with Crippen molar-refractivity contribution in [1.82, 2.24) is 54.3 Å². The predicted octanol–water partition coefficient (Wildman–Crippen LogP) is 11.6. The molecule has 0 saturated carbocycles. The van der Waals surface area contributed by atoms with E-state index in [1.165, 1.54) is 31.2 Å². The fourth-order valence-electron chi connectivity index (χ4n) is 11.3. The molecule has 12 rings (SSSR count). The van der Waals surface area contributed by atoms with Crippen LogP contribution in [0.3, 0.4) is 0 Å². The van der Waals surface area contributed by atoms with Gasteiger partial charge in [0.05, 0.1) is 11.4 Å². The standard InChI is InChI=1S/C33H42N8O2.C23H25N7.C10H17NO3/c1-23-8-7-15-40(23)30-12-6-11-29(38-30)37-28-19-26(21-41-31(28)35-22-36-41)25-10-5-9-24(18-25)20-34-27-13-16-39(17-14-27)32(42)43-33(2,3)4;1-16-5-4-10-29(16)22-9-3-8-21(28-22)27-20-12-19(14-30-23(20)25-15-26-30)18-7-2-6-17(11-18)13-24;1-10(2,3)14-9(13)11-6-4-8(12)5-7-11/h5-6,9-12,18-19,21-23,27,34H,7-8,13-17,20H2,1-4H3,(H,37,38);2-3,6-9,11-12,14-16H,4-5,10,13,24H2,1H3,(H,27,28);4-7H2,1-3H3/t23-;16-;/m00./s1. The molecule has 0 spiro atoms. The number of benzene rings is 2. The first-order valence-corrected chi connectivity index (χ1v) is 30.6. The lowest BCUT2D eigenvalue weighted by atomic mass is 10.0. The molecule has 10 heterocycles. The number of fused-ring (bicyclic) bond motifs is 2. The predicted molar refractivity (Wildman–Crippen MR) is 342 cm³/mol. The van der Waals surface area contributed by atoms with Gasteiger partial charge >= 0.3 is 12.2 Å². The molecule has 458 valence electrons. The van der Waals surface area contributed by atoms with Crippen molar-refractivity contribution in [2.45, 2.75) is 149 Å². The second-order valence-electron chi connectivity index (χ2n) is 25.0. The molecule has 0 radical (unpaired) electrons. The van der Waals surface area contributed by atoms with Crippen LogP contribution >= 0.6 is 0 Å². The van der Waals surface area contributed by atoms with Crippen LogP contribution in [-0.2, 0) is 27.4 Å². The van der Waals surface area contributed by atoms with E-state index in [0.29, 0.717) is 63.7 Å². The molecule has 4 aliphatic heterocycles. The number of rotatable bonds is 12. The van der Waals surface area contributed by atoms with E-state index in [-0.39, 0.29) is 18.0 Å². The monoisotopic (exact) mass is 1180 g/mol. The van der Waals surface area contributed by atoms with E-state index < -0.39 is 11.2 Å². The Bertz CT molecular complexity index is 3650. The van der Waals surface area contributed by atoms with Crippen LogP contribution in [0.1, 0.15) is 118 Å². The first-order valence-electron chi connectivity index (χ1n) is 30.6. The summed E-state index contributed by atoms with van der Waals surface area (Å²) in [5.41, 5.74) is 14.7. The highest BCUT2D eigenvalue weighted by molar-refractivity contribution is 5.82. The number of pyridine rings is 4. The normalized spacial score (nSPS) is 17.4. The summed E-state index contributed by atoms with van der Waals surface area (Å²) in [7, 11) is 0. The summed E-state index contributed by atoms with van der Waals surface area (Å²) in [5.74, 6) is 3.82. The number of anilines is 6. The van der Waals surface area contributed by atoms with Gasteiger partial charge in [-0.15, -0.1) is 0 Å². The molecule has 4 saturated heterocycles. The number of Topliss-reactive ketones (excluding diaryl/α,β-unsaturated/α-hetero) is 1. The largest absolute Gasteiger partial charge is 0.444 e. The Labute approximate surface area is 510 Å². The van der Waals surface area contributed by atoms with Crippen LogP contribution in [0.4, 0.5) is 44.2 Å². The van der Waals surface area contributed by atoms with Gasteiger partial charge in [-0.05, 0) is 165 Å². The lowest BCUT2D eigenvalue weighted by Crippen LogP contribution is -2.46. The van der Waals surface area contributed by atoms with E-state index in [4.69, 9.17) is 25.2 Å². The van der Waals surface area contributed by atoms with Crippen LogP contribution < -0.4 is 31.5 Å². The van der Waals surface area contributed by atoms with Crippen molar-refractivity contribution in [3.05, 3.63) is 133 Å². The van der Waals surface area contributed by atoms with Gasteiger partial charge in [-0.3, -0.25) is 4.79 Å². The van der Waals surface area contributed by atoms with E-state index in [2.05, 4.69) is 126 Å². The quantitative estimate of drug-likeness (QED) is 0.0891.